The molecule has 11 rings (SSSR count). The van der Waals surface area contributed by atoms with E-state index in [0.29, 0.717) is 0 Å². The highest BCUT2D eigenvalue weighted by atomic mass is 32.1. The molecule has 1 heterocycles. The third-order valence-corrected chi connectivity index (χ3v) is 12.8. The average molecular weight is 694 g/mol. The molecule has 0 saturated carbocycles. The van der Waals surface area contributed by atoms with Crippen LogP contribution in [0.1, 0.15) is 25.0 Å². The van der Waals surface area contributed by atoms with Gasteiger partial charge in [0, 0.05) is 42.5 Å². The van der Waals surface area contributed by atoms with Crippen LogP contribution in [0.25, 0.3) is 74.7 Å². The molecule has 1 nitrogen and oxygen atoms in total. The maximum atomic E-state index is 2.47. The summed E-state index contributed by atoms with van der Waals surface area (Å²) in [6.07, 6.45) is 0. The van der Waals surface area contributed by atoms with Crippen LogP contribution in [0.5, 0.6) is 0 Å². The Bertz CT molecular complexity index is 3090. The van der Waals surface area contributed by atoms with E-state index in [1.807, 2.05) is 11.3 Å². The van der Waals surface area contributed by atoms with E-state index < -0.39 is 0 Å². The first-order valence-electron chi connectivity index (χ1n) is 18.4. The van der Waals surface area contributed by atoms with Crippen molar-refractivity contribution in [1.82, 2.24) is 0 Å². The van der Waals surface area contributed by atoms with Crippen LogP contribution in [0, 0.1) is 0 Å². The first-order valence-corrected chi connectivity index (χ1v) is 19.2. The van der Waals surface area contributed by atoms with Crippen molar-refractivity contribution < 1.29 is 0 Å². The Hall–Kier alpha value is -6.22. The summed E-state index contributed by atoms with van der Waals surface area (Å²) < 4.78 is 2.62. The maximum absolute atomic E-state index is 2.47. The molecule has 1 aromatic heterocycles. The summed E-state index contributed by atoms with van der Waals surface area (Å²) in [7, 11) is 0. The van der Waals surface area contributed by atoms with Gasteiger partial charge in [-0.15, -0.1) is 11.3 Å². The van der Waals surface area contributed by atoms with E-state index in [1.165, 1.54) is 91.6 Å². The standard InChI is InChI=1S/C51H35NS/c1-51(2)44-14-7-5-13-43(44)50-45(51)15-9-16-46(50)52(38-27-29-42-41-12-6-8-17-47(41)53-48(42)31-38)37-25-22-32(23-26-37)35-24-28-40-36(30-35)21-20-34-19-18-33-10-3-4-11-39(33)49(34)40/h3-31H,1-2H3. The van der Waals surface area contributed by atoms with Gasteiger partial charge in [0.05, 0.1) is 5.69 Å². The van der Waals surface area contributed by atoms with Gasteiger partial charge in [-0.25, -0.2) is 0 Å². The van der Waals surface area contributed by atoms with Crippen molar-refractivity contribution in [2.24, 2.45) is 0 Å². The molecule has 2 heteroatoms. The van der Waals surface area contributed by atoms with Gasteiger partial charge in [-0.05, 0) is 103 Å². The third kappa shape index (κ3) is 4.56. The Balaban J connectivity index is 1.07. The highest BCUT2D eigenvalue weighted by Gasteiger charge is 2.37. The smallest absolute Gasteiger partial charge is 0.0543 e. The molecule has 0 atom stereocenters. The van der Waals surface area contributed by atoms with Crippen LogP contribution >= 0.6 is 11.3 Å². The molecule has 0 amide bonds. The van der Waals surface area contributed by atoms with Gasteiger partial charge in [-0.3, -0.25) is 0 Å². The van der Waals surface area contributed by atoms with E-state index in [4.69, 9.17) is 0 Å². The molecular formula is C51H35NS. The summed E-state index contributed by atoms with van der Waals surface area (Å²) >= 11 is 1.87. The van der Waals surface area contributed by atoms with Gasteiger partial charge in [0.15, 0.2) is 0 Å². The van der Waals surface area contributed by atoms with Crippen LogP contribution in [0.2, 0.25) is 0 Å². The van der Waals surface area contributed by atoms with Gasteiger partial charge in [0.2, 0.25) is 0 Å². The fraction of sp³-hybridized carbons (Fsp3) is 0.0588. The van der Waals surface area contributed by atoms with Crippen LogP contribution in [0.4, 0.5) is 17.1 Å². The molecule has 0 spiro atoms. The van der Waals surface area contributed by atoms with E-state index in [9.17, 15) is 0 Å². The molecule has 0 saturated heterocycles. The number of benzene rings is 9. The number of hydrogen-bond acceptors (Lipinski definition) is 2. The summed E-state index contributed by atoms with van der Waals surface area (Å²) in [5.41, 5.74) is 11.3. The number of rotatable bonds is 4. The van der Waals surface area contributed by atoms with Crippen molar-refractivity contribution in [1.29, 1.82) is 0 Å². The molecule has 0 N–H and O–H groups in total. The lowest BCUT2D eigenvalue weighted by atomic mass is 9.82. The summed E-state index contributed by atoms with van der Waals surface area (Å²) in [6.45, 7) is 4.72. The van der Waals surface area contributed by atoms with E-state index in [2.05, 4.69) is 195 Å². The Morgan fingerprint density at radius 3 is 1.96 bits per heavy atom. The van der Waals surface area contributed by atoms with Crippen LogP contribution < -0.4 is 4.90 Å². The van der Waals surface area contributed by atoms with Gasteiger partial charge < -0.3 is 4.90 Å². The minimum absolute atomic E-state index is 0.0827. The Labute approximate surface area is 313 Å². The third-order valence-electron chi connectivity index (χ3n) is 11.6. The summed E-state index contributed by atoms with van der Waals surface area (Å²) in [5, 5.41) is 10.4. The molecule has 9 aromatic carbocycles. The van der Waals surface area contributed by atoms with Crippen LogP contribution in [0.15, 0.2) is 176 Å². The van der Waals surface area contributed by atoms with Crippen LogP contribution in [-0.4, -0.2) is 0 Å². The van der Waals surface area contributed by atoms with E-state index in [0.717, 1.165) is 11.4 Å². The summed E-state index contributed by atoms with van der Waals surface area (Å²) in [4.78, 5) is 2.47. The molecule has 0 bridgehead atoms. The number of nitrogens with zero attached hydrogens (tertiary/aromatic N) is 1. The van der Waals surface area contributed by atoms with Crippen molar-refractivity contribution in [2.45, 2.75) is 19.3 Å². The largest absolute Gasteiger partial charge is 0.310 e. The van der Waals surface area contributed by atoms with Crippen molar-refractivity contribution in [3.8, 4) is 22.3 Å². The summed E-state index contributed by atoms with van der Waals surface area (Å²) in [6, 6.07) is 65.4. The summed E-state index contributed by atoms with van der Waals surface area (Å²) in [5.74, 6) is 0. The molecule has 53 heavy (non-hydrogen) atoms. The van der Waals surface area contributed by atoms with Crippen molar-refractivity contribution in [3.63, 3.8) is 0 Å². The van der Waals surface area contributed by atoms with Crippen molar-refractivity contribution in [3.05, 3.63) is 187 Å². The number of fused-ring (bicyclic) bond motifs is 11. The molecule has 1 aliphatic rings. The minimum Gasteiger partial charge on any atom is -0.310 e. The van der Waals surface area contributed by atoms with E-state index in [-0.39, 0.29) is 5.41 Å². The maximum Gasteiger partial charge on any atom is 0.0543 e. The van der Waals surface area contributed by atoms with Gasteiger partial charge in [-0.2, -0.15) is 0 Å². The normalized spacial score (nSPS) is 13.2. The van der Waals surface area contributed by atoms with E-state index >= 15 is 0 Å². The Kier molecular flexibility index (Phi) is 6.53. The lowest BCUT2D eigenvalue weighted by Crippen LogP contribution is -2.16. The second kappa shape index (κ2) is 11.4. The van der Waals surface area contributed by atoms with Gasteiger partial charge in [0.1, 0.15) is 0 Å². The number of anilines is 3. The second-order valence-electron chi connectivity index (χ2n) is 14.9. The predicted molar refractivity (Wildman–Crippen MR) is 230 cm³/mol. The monoisotopic (exact) mass is 693 g/mol. The first-order chi connectivity index (χ1) is 26.0. The van der Waals surface area contributed by atoms with Gasteiger partial charge >= 0.3 is 0 Å². The molecular weight excluding hydrogens is 659 g/mol. The average Bonchev–Trinajstić information content (AvgIpc) is 3.69. The first kappa shape index (κ1) is 30.4. The fourth-order valence-corrected chi connectivity index (χ4v) is 10.2. The fourth-order valence-electron chi connectivity index (χ4n) is 9.02. The molecule has 250 valence electrons. The van der Waals surface area contributed by atoms with Gasteiger partial charge in [-0.1, -0.05) is 147 Å². The van der Waals surface area contributed by atoms with Crippen LogP contribution in [-0.2, 0) is 5.41 Å². The Morgan fingerprint density at radius 1 is 0.434 bits per heavy atom. The topological polar surface area (TPSA) is 3.24 Å². The highest BCUT2D eigenvalue weighted by molar-refractivity contribution is 7.25. The molecule has 1 aliphatic carbocycles. The zero-order chi connectivity index (χ0) is 35.3. The Morgan fingerprint density at radius 2 is 1.08 bits per heavy atom. The van der Waals surface area contributed by atoms with Crippen molar-refractivity contribution >= 4 is 80.9 Å². The van der Waals surface area contributed by atoms with Crippen LogP contribution in [0.3, 0.4) is 0 Å². The lowest BCUT2D eigenvalue weighted by molar-refractivity contribution is 0.660. The lowest BCUT2D eigenvalue weighted by Gasteiger charge is -2.29. The zero-order valence-corrected chi connectivity index (χ0v) is 30.4. The SMILES string of the molecule is CC1(C)c2ccccc2-c2c(N(c3ccc(-c4ccc5c(ccc6ccc7ccccc7c65)c4)cc3)c3ccc4c(c3)sc3ccccc34)cccc21. The van der Waals surface area contributed by atoms with Crippen molar-refractivity contribution in [2.75, 3.05) is 4.90 Å². The number of hydrogen-bond donors (Lipinski definition) is 0. The molecule has 0 aliphatic heterocycles. The molecule has 0 radical (unpaired) electrons. The minimum atomic E-state index is -0.0827. The second-order valence-corrected chi connectivity index (χ2v) is 16.0. The predicted octanol–water partition coefficient (Wildman–Crippen LogP) is 15.0. The number of thiophene rings is 1. The quantitative estimate of drug-likeness (QED) is 0.166. The van der Waals surface area contributed by atoms with Gasteiger partial charge in [0.25, 0.3) is 0 Å². The molecule has 10 aromatic rings. The molecule has 0 fully saturated rings. The van der Waals surface area contributed by atoms with E-state index in [1.54, 1.807) is 0 Å². The zero-order valence-electron chi connectivity index (χ0n) is 29.6. The highest BCUT2D eigenvalue weighted by Crippen LogP contribution is 2.54. The molecule has 0 unspecified atom stereocenters.